The van der Waals surface area contributed by atoms with E-state index in [1.165, 1.54) is 18.2 Å². The first-order valence-corrected chi connectivity index (χ1v) is 6.61. The lowest BCUT2D eigenvalue weighted by atomic mass is 9.98. The third-order valence-electron chi connectivity index (χ3n) is 2.97. The summed E-state index contributed by atoms with van der Waals surface area (Å²) in [5.41, 5.74) is 0.393. The summed E-state index contributed by atoms with van der Waals surface area (Å²) in [6.45, 7) is 1.57. The van der Waals surface area contributed by atoms with Crippen LogP contribution in [-0.2, 0) is 6.42 Å². The van der Waals surface area contributed by atoms with Gasteiger partial charge in [0.25, 0.3) is 0 Å². The molecule has 0 atom stereocenters. The Kier molecular flexibility index (Phi) is 4.28. The molecule has 104 valence electrons. The Morgan fingerprint density at radius 2 is 1.85 bits per heavy atom. The van der Waals surface area contributed by atoms with Crippen LogP contribution in [0.25, 0.3) is 0 Å². The van der Waals surface area contributed by atoms with Crippen molar-refractivity contribution in [1.82, 2.24) is 0 Å². The van der Waals surface area contributed by atoms with Crippen molar-refractivity contribution in [2.24, 2.45) is 0 Å². The molecule has 0 heterocycles. The van der Waals surface area contributed by atoms with Gasteiger partial charge in [-0.15, -0.1) is 0 Å². The smallest absolute Gasteiger partial charge is 0.167 e. The van der Waals surface area contributed by atoms with Crippen LogP contribution in [0.1, 0.15) is 21.5 Å². The Labute approximate surface area is 122 Å². The average Bonchev–Trinajstić information content (AvgIpc) is 2.39. The first kappa shape index (κ1) is 14.8. The van der Waals surface area contributed by atoms with Crippen LogP contribution in [0.4, 0.5) is 13.2 Å². The van der Waals surface area contributed by atoms with Gasteiger partial charge in [-0.1, -0.05) is 0 Å². The fourth-order valence-corrected chi connectivity index (χ4v) is 2.30. The van der Waals surface area contributed by atoms with Gasteiger partial charge in [0.2, 0.25) is 0 Å². The van der Waals surface area contributed by atoms with Crippen molar-refractivity contribution in [1.29, 1.82) is 0 Å². The van der Waals surface area contributed by atoms with Gasteiger partial charge in [0.15, 0.2) is 5.78 Å². The third-order valence-corrected chi connectivity index (χ3v) is 3.58. The first-order valence-electron chi connectivity index (χ1n) is 5.82. The van der Waals surface area contributed by atoms with Crippen molar-refractivity contribution in [3.63, 3.8) is 0 Å². The Balaban J connectivity index is 2.35. The SMILES string of the molecule is Cc1cc(F)ccc1C(=O)Cc1c(F)ccc(Br)c1F. The number of hydrogen-bond acceptors (Lipinski definition) is 1. The largest absolute Gasteiger partial charge is 0.294 e. The van der Waals surface area contributed by atoms with Crippen molar-refractivity contribution in [2.75, 3.05) is 0 Å². The van der Waals surface area contributed by atoms with Gasteiger partial charge in [0, 0.05) is 17.5 Å². The van der Waals surface area contributed by atoms with Gasteiger partial charge in [0.1, 0.15) is 17.5 Å². The van der Waals surface area contributed by atoms with Gasteiger partial charge in [-0.3, -0.25) is 4.79 Å². The molecule has 0 spiro atoms. The molecular formula is C15H10BrF3O. The van der Waals surface area contributed by atoms with Gasteiger partial charge < -0.3 is 0 Å². The Hall–Kier alpha value is -1.62. The van der Waals surface area contributed by atoms with Crippen molar-refractivity contribution in [2.45, 2.75) is 13.3 Å². The monoisotopic (exact) mass is 342 g/mol. The maximum absolute atomic E-state index is 13.8. The van der Waals surface area contributed by atoms with E-state index < -0.39 is 29.7 Å². The van der Waals surface area contributed by atoms with E-state index in [2.05, 4.69) is 15.9 Å². The predicted molar refractivity (Wildman–Crippen MR) is 73.2 cm³/mol. The molecule has 20 heavy (non-hydrogen) atoms. The van der Waals surface area contributed by atoms with Crippen molar-refractivity contribution < 1.29 is 18.0 Å². The molecule has 0 aromatic heterocycles. The highest BCUT2D eigenvalue weighted by Gasteiger charge is 2.18. The standard InChI is InChI=1S/C15H10BrF3O/c1-8-6-9(17)2-3-10(8)14(20)7-11-13(18)5-4-12(16)15(11)19/h2-6H,7H2,1H3. The summed E-state index contributed by atoms with van der Waals surface area (Å²) in [5, 5.41) is 0. The quantitative estimate of drug-likeness (QED) is 0.588. The van der Waals surface area contributed by atoms with Crippen LogP contribution in [0.5, 0.6) is 0 Å². The van der Waals surface area contributed by atoms with E-state index in [4.69, 9.17) is 0 Å². The highest BCUT2D eigenvalue weighted by molar-refractivity contribution is 9.10. The number of hydrogen-bond donors (Lipinski definition) is 0. The molecule has 0 aliphatic heterocycles. The lowest BCUT2D eigenvalue weighted by Crippen LogP contribution is -2.09. The fourth-order valence-electron chi connectivity index (χ4n) is 1.93. The summed E-state index contributed by atoms with van der Waals surface area (Å²) < 4.78 is 40.5. The molecule has 2 aromatic rings. The van der Waals surface area contributed by atoms with Crippen LogP contribution in [-0.4, -0.2) is 5.78 Å². The zero-order valence-corrected chi connectivity index (χ0v) is 12.1. The molecule has 0 radical (unpaired) electrons. The van der Waals surface area contributed by atoms with E-state index in [9.17, 15) is 18.0 Å². The Morgan fingerprint density at radius 3 is 2.50 bits per heavy atom. The molecule has 0 aliphatic carbocycles. The van der Waals surface area contributed by atoms with Crippen molar-refractivity contribution >= 4 is 21.7 Å². The average molecular weight is 343 g/mol. The summed E-state index contributed by atoms with van der Waals surface area (Å²) in [4.78, 5) is 12.1. The van der Waals surface area contributed by atoms with Crippen LogP contribution < -0.4 is 0 Å². The molecule has 0 N–H and O–H groups in total. The maximum Gasteiger partial charge on any atom is 0.167 e. The molecule has 0 bridgehead atoms. The molecule has 5 heteroatoms. The van der Waals surface area contributed by atoms with E-state index in [1.54, 1.807) is 6.92 Å². The Bertz CT molecular complexity index is 683. The molecule has 0 saturated carbocycles. The maximum atomic E-state index is 13.8. The summed E-state index contributed by atoms with van der Waals surface area (Å²) in [6.07, 6.45) is -0.413. The number of carbonyl (C=O) groups is 1. The number of halogens is 4. The molecule has 0 aliphatic rings. The zero-order chi connectivity index (χ0) is 14.9. The van der Waals surface area contributed by atoms with Crippen LogP contribution in [0.2, 0.25) is 0 Å². The minimum Gasteiger partial charge on any atom is -0.294 e. The molecule has 2 rings (SSSR count). The molecule has 0 amide bonds. The minimum atomic E-state index is -0.793. The van der Waals surface area contributed by atoms with E-state index in [0.29, 0.717) is 5.56 Å². The number of aryl methyl sites for hydroxylation is 1. The summed E-state index contributed by atoms with van der Waals surface area (Å²) in [6, 6.07) is 6.00. The number of ketones is 1. The molecular weight excluding hydrogens is 333 g/mol. The van der Waals surface area contributed by atoms with E-state index >= 15 is 0 Å². The fraction of sp³-hybridized carbons (Fsp3) is 0.133. The Morgan fingerprint density at radius 1 is 1.15 bits per heavy atom. The minimum absolute atomic E-state index is 0.0949. The lowest BCUT2D eigenvalue weighted by molar-refractivity contribution is 0.0990. The van der Waals surface area contributed by atoms with E-state index in [-0.39, 0.29) is 15.6 Å². The van der Waals surface area contributed by atoms with Gasteiger partial charge in [-0.2, -0.15) is 0 Å². The topological polar surface area (TPSA) is 17.1 Å². The summed E-state index contributed by atoms with van der Waals surface area (Å²) in [7, 11) is 0. The van der Waals surface area contributed by atoms with Gasteiger partial charge in [-0.05, 0) is 58.7 Å². The number of Topliss-reactive ketones (excluding diaryl/α,β-unsaturated/α-hetero) is 1. The molecule has 2 aromatic carbocycles. The predicted octanol–water partition coefficient (Wildman–Crippen LogP) is 4.60. The van der Waals surface area contributed by atoms with Gasteiger partial charge in [0.05, 0.1) is 4.47 Å². The third kappa shape index (κ3) is 2.93. The molecule has 0 fully saturated rings. The molecule has 1 nitrogen and oxygen atoms in total. The highest BCUT2D eigenvalue weighted by atomic mass is 79.9. The number of benzene rings is 2. The summed E-state index contributed by atoms with van der Waals surface area (Å²) in [5.74, 6) is -2.49. The second-order valence-electron chi connectivity index (χ2n) is 4.38. The van der Waals surface area contributed by atoms with Crippen LogP contribution in [0, 0.1) is 24.4 Å². The van der Waals surface area contributed by atoms with Crippen LogP contribution in [0.3, 0.4) is 0 Å². The molecule has 0 saturated heterocycles. The molecule has 0 unspecified atom stereocenters. The van der Waals surface area contributed by atoms with Crippen molar-refractivity contribution in [3.8, 4) is 0 Å². The highest BCUT2D eigenvalue weighted by Crippen LogP contribution is 2.23. The van der Waals surface area contributed by atoms with Gasteiger partial charge >= 0.3 is 0 Å². The van der Waals surface area contributed by atoms with Gasteiger partial charge in [-0.25, -0.2) is 13.2 Å². The number of rotatable bonds is 3. The van der Waals surface area contributed by atoms with Crippen LogP contribution >= 0.6 is 15.9 Å². The van der Waals surface area contributed by atoms with Crippen LogP contribution in [0.15, 0.2) is 34.8 Å². The lowest BCUT2D eigenvalue weighted by Gasteiger charge is -2.08. The normalized spacial score (nSPS) is 10.7. The van der Waals surface area contributed by atoms with E-state index in [0.717, 1.165) is 12.1 Å². The zero-order valence-electron chi connectivity index (χ0n) is 10.5. The van der Waals surface area contributed by atoms with Crippen molar-refractivity contribution in [3.05, 3.63) is 68.9 Å². The first-order chi connectivity index (χ1) is 9.40. The second kappa shape index (κ2) is 5.79. The second-order valence-corrected chi connectivity index (χ2v) is 5.24. The van der Waals surface area contributed by atoms with E-state index in [1.807, 2.05) is 0 Å². The summed E-state index contributed by atoms with van der Waals surface area (Å²) >= 11 is 2.95. The number of carbonyl (C=O) groups excluding carboxylic acids is 1.